The molecule has 0 radical (unpaired) electrons. The van der Waals surface area contributed by atoms with Crippen molar-refractivity contribution in [2.45, 2.75) is 11.8 Å². The first kappa shape index (κ1) is 21.3. The Bertz CT molecular complexity index is 1470. The molecular formula is C23H19N5O3S. The Morgan fingerprint density at radius 3 is 2.03 bits per heavy atom. The molecule has 0 heterocycles. The maximum Gasteiger partial charge on any atom is 0.294 e. The highest BCUT2D eigenvalue weighted by molar-refractivity contribution is 7.85. The number of benzene rings is 4. The van der Waals surface area contributed by atoms with E-state index in [-0.39, 0.29) is 4.90 Å². The van der Waals surface area contributed by atoms with Gasteiger partial charge in [0, 0.05) is 16.5 Å². The van der Waals surface area contributed by atoms with Crippen molar-refractivity contribution >= 4 is 49.3 Å². The largest absolute Gasteiger partial charge is 0.399 e. The fourth-order valence-electron chi connectivity index (χ4n) is 3.14. The molecule has 160 valence electrons. The number of nitrogen functional groups attached to an aromatic ring is 1. The van der Waals surface area contributed by atoms with Crippen LogP contribution in [0.1, 0.15) is 5.56 Å². The first-order valence-corrected chi connectivity index (χ1v) is 11.0. The van der Waals surface area contributed by atoms with Gasteiger partial charge in [-0.2, -0.15) is 18.6 Å². The summed E-state index contributed by atoms with van der Waals surface area (Å²) in [6, 6.07) is 22.1. The molecule has 0 aliphatic rings. The Hall–Kier alpha value is -3.95. The molecule has 0 saturated heterocycles. The molecule has 0 aliphatic heterocycles. The molecular weight excluding hydrogens is 426 g/mol. The van der Waals surface area contributed by atoms with E-state index in [0.717, 1.165) is 5.56 Å². The second-order valence-corrected chi connectivity index (χ2v) is 8.49. The molecule has 0 bridgehead atoms. The third-order valence-electron chi connectivity index (χ3n) is 4.76. The van der Waals surface area contributed by atoms with E-state index < -0.39 is 10.1 Å². The van der Waals surface area contributed by atoms with E-state index in [1.165, 1.54) is 12.1 Å². The Morgan fingerprint density at radius 1 is 0.719 bits per heavy atom. The molecule has 4 aromatic rings. The first-order valence-electron chi connectivity index (χ1n) is 9.60. The fourth-order valence-corrected chi connectivity index (χ4v) is 3.64. The first-order chi connectivity index (χ1) is 15.3. The Labute approximate surface area is 184 Å². The zero-order chi connectivity index (χ0) is 22.7. The minimum Gasteiger partial charge on any atom is -0.399 e. The summed E-state index contributed by atoms with van der Waals surface area (Å²) in [6.45, 7) is 1.87. The Kier molecular flexibility index (Phi) is 5.76. The second kappa shape index (κ2) is 8.66. The van der Waals surface area contributed by atoms with E-state index in [1.807, 2.05) is 37.3 Å². The van der Waals surface area contributed by atoms with Crippen LogP contribution in [0.4, 0.5) is 28.4 Å². The smallest absolute Gasteiger partial charge is 0.294 e. The van der Waals surface area contributed by atoms with Crippen molar-refractivity contribution in [1.82, 2.24) is 0 Å². The lowest BCUT2D eigenvalue weighted by Gasteiger charge is -2.07. The number of nitrogens with two attached hydrogens (primary N) is 1. The summed E-state index contributed by atoms with van der Waals surface area (Å²) in [5.41, 5.74) is 9.50. The van der Waals surface area contributed by atoms with Gasteiger partial charge in [0.15, 0.2) is 0 Å². The number of anilines is 1. The van der Waals surface area contributed by atoms with Crippen molar-refractivity contribution in [3.8, 4) is 0 Å². The van der Waals surface area contributed by atoms with Gasteiger partial charge in [-0.3, -0.25) is 4.55 Å². The van der Waals surface area contributed by atoms with Gasteiger partial charge in [-0.05, 0) is 67.1 Å². The third kappa shape index (κ3) is 4.69. The standard InChI is InChI=1S/C23H19N5O3S/c1-15-13-16(24)7-10-21(15)26-28-23-12-11-22(27-25-17-5-3-2-4-6-17)19-9-8-18(14-20(19)23)32(29,30)31/h2-14H,24H2,1H3,(H,29,30,31). The molecule has 0 amide bonds. The van der Waals surface area contributed by atoms with Crippen molar-refractivity contribution in [2.75, 3.05) is 5.73 Å². The van der Waals surface area contributed by atoms with E-state index in [2.05, 4.69) is 20.5 Å². The number of fused-ring (bicyclic) bond motifs is 1. The van der Waals surface area contributed by atoms with Crippen molar-refractivity contribution in [3.63, 3.8) is 0 Å². The van der Waals surface area contributed by atoms with Gasteiger partial charge >= 0.3 is 0 Å². The van der Waals surface area contributed by atoms with Crippen molar-refractivity contribution in [2.24, 2.45) is 20.5 Å². The number of nitrogens with zero attached hydrogens (tertiary/aromatic N) is 4. The van der Waals surface area contributed by atoms with E-state index in [4.69, 9.17) is 5.73 Å². The van der Waals surface area contributed by atoms with Crippen LogP contribution in [0.5, 0.6) is 0 Å². The van der Waals surface area contributed by atoms with E-state index in [1.54, 1.807) is 36.4 Å². The highest BCUT2D eigenvalue weighted by Gasteiger charge is 2.14. The average molecular weight is 446 g/mol. The summed E-state index contributed by atoms with van der Waals surface area (Å²) in [5, 5.41) is 18.2. The Morgan fingerprint density at radius 2 is 1.34 bits per heavy atom. The van der Waals surface area contributed by atoms with E-state index in [0.29, 0.717) is 39.2 Å². The SMILES string of the molecule is Cc1cc(N)ccc1N=Nc1ccc(N=Nc2ccccc2)c2ccc(S(=O)(=O)O)cc12. The number of azo groups is 2. The maximum atomic E-state index is 11.7. The highest BCUT2D eigenvalue weighted by Crippen LogP contribution is 2.37. The predicted molar refractivity (Wildman–Crippen MR) is 124 cm³/mol. The molecule has 0 unspecified atom stereocenters. The van der Waals surface area contributed by atoms with Crippen LogP contribution in [0.2, 0.25) is 0 Å². The summed E-state index contributed by atoms with van der Waals surface area (Å²) < 4.78 is 32.9. The summed E-state index contributed by atoms with van der Waals surface area (Å²) in [6.07, 6.45) is 0. The molecule has 4 rings (SSSR count). The zero-order valence-corrected chi connectivity index (χ0v) is 17.9. The van der Waals surface area contributed by atoms with Gasteiger partial charge in [0.25, 0.3) is 10.1 Å². The van der Waals surface area contributed by atoms with Crippen LogP contribution in [0.3, 0.4) is 0 Å². The van der Waals surface area contributed by atoms with Crippen LogP contribution < -0.4 is 5.73 Å². The van der Waals surface area contributed by atoms with E-state index >= 15 is 0 Å². The van der Waals surface area contributed by atoms with Crippen LogP contribution in [-0.2, 0) is 10.1 Å². The summed E-state index contributed by atoms with van der Waals surface area (Å²) in [4.78, 5) is -0.248. The molecule has 0 aromatic heterocycles. The number of rotatable bonds is 5. The zero-order valence-electron chi connectivity index (χ0n) is 17.0. The number of aryl methyl sites for hydroxylation is 1. The van der Waals surface area contributed by atoms with Crippen molar-refractivity contribution in [3.05, 3.63) is 84.4 Å². The van der Waals surface area contributed by atoms with Crippen LogP contribution in [0.25, 0.3) is 10.8 Å². The van der Waals surface area contributed by atoms with Gasteiger partial charge in [-0.25, -0.2) is 0 Å². The van der Waals surface area contributed by atoms with Gasteiger partial charge < -0.3 is 5.73 Å². The fraction of sp³-hybridized carbons (Fsp3) is 0.0435. The van der Waals surface area contributed by atoms with Gasteiger partial charge in [0.2, 0.25) is 0 Å². The third-order valence-corrected chi connectivity index (χ3v) is 5.61. The van der Waals surface area contributed by atoms with Crippen LogP contribution in [0, 0.1) is 6.92 Å². The predicted octanol–water partition coefficient (Wildman–Crippen LogP) is 6.81. The molecule has 32 heavy (non-hydrogen) atoms. The topological polar surface area (TPSA) is 130 Å². The quantitative estimate of drug-likeness (QED) is 0.198. The molecule has 3 N–H and O–H groups in total. The van der Waals surface area contributed by atoms with Crippen LogP contribution in [0.15, 0.2) is 104 Å². The highest BCUT2D eigenvalue weighted by atomic mass is 32.2. The molecule has 0 spiro atoms. The molecule has 4 aromatic carbocycles. The summed E-state index contributed by atoms with van der Waals surface area (Å²) in [7, 11) is -4.40. The number of hydrogen-bond acceptors (Lipinski definition) is 7. The molecule has 0 fully saturated rings. The van der Waals surface area contributed by atoms with Crippen molar-refractivity contribution < 1.29 is 13.0 Å². The van der Waals surface area contributed by atoms with Gasteiger partial charge in [-0.15, -0.1) is 10.2 Å². The van der Waals surface area contributed by atoms with Crippen molar-refractivity contribution in [1.29, 1.82) is 0 Å². The summed E-state index contributed by atoms with van der Waals surface area (Å²) in [5.74, 6) is 0. The maximum absolute atomic E-state index is 11.7. The monoisotopic (exact) mass is 445 g/mol. The number of hydrogen-bond donors (Lipinski definition) is 2. The lowest BCUT2D eigenvalue weighted by Crippen LogP contribution is -1.97. The van der Waals surface area contributed by atoms with Gasteiger partial charge in [0.05, 0.1) is 27.6 Å². The minimum atomic E-state index is -4.40. The normalized spacial score (nSPS) is 12.2. The van der Waals surface area contributed by atoms with E-state index in [9.17, 15) is 13.0 Å². The summed E-state index contributed by atoms with van der Waals surface area (Å²) >= 11 is 0. The van der Waals surface area contributed by atoms with Crippen LogP contribution in [-0.4, -0.2) is 13.0 Å². The average Bonchev–Trinajstić information content (AvgIpc) is 2.77. The second-order valence-electron chi connectivity index (χ2n) is 7.07. The Balaban J connectivity index is 1.83. The van der Waals surface area contributed by atoms with Gasteiger partial charge in [-0.1, -0.05) is 24.3 Å². The molecule has 8 nitrogen and oxygen atoms in total. The molecule has 0 aliphatic carbocycles. The molecule has 9 heteroatoms. The lowest BCUT2D eigenvalue weighted by atomic mass is 10.1. The molecule has 0 atom stereocenters. The lowest BCUT2D eigenvalue weighted by molar-refractivity contribution is 0.483. The van der Waals surface area contributed by atoms with Crippen LogP contribution >= 0.6 is 0 Å². The molecule has 0 saturated carbocycles. The minimum absolute atomic E-state index is 0.248. The van der Waals surface area contributed by atoms with Gasteiger partial charge in [0.1, 0.15) is 0 Å².